The minimum Gasteiger partial charge on any atom is -0.497 e. The van der Waals surface area contributed by atoms with Crippen LogP contribution >= 0.6 is 0 Å². The first-order valence-corrected chi connectivity index (χ1v) is 10.3. The normalized spacial score (nSPS) is 13.1. The van der Waals surface area contributed by atoms with Crippen LogP contribution in [0.25, 0.3) is 0 Å². The van der Waals surface area contributed by atoms with Crippen molar-refractivity contribution in [2.24, 2.45) is 0 Å². The lowest BCUT2D eigenvalue weighted by Crippen LogP contribution is -2.37. The fourth-order valence-electron chi connectivity index (χ4n) is 3.81. The molecule has 3 heterocycles. The van der Waals surface area contributed by atoms with E-state index >= 15 is 0 Å². The van der Waals surface area contributed by atoms with E-state index in [2.05, 4.69) is 20.6 Å². The fourth-order valence-corrected chi connectivity index (χ4v) is 3.81. The Kier molecular flexibility index (Phi) is 5.75. The molecule has 0 atom stereocenters. The molecule has 162 valence electrons. The van der Waals surface area contributed by atoms with Gasteiger partial charge < -0.3 is 15.0 Å². The summed E-state index contributed by atoms with van der Waals surface area (Å²) in [5.74, 6) is 0.371. The number of methoxy groups -OCH3 is 1. The molecule has 2 aromatic heterocycles. The number of carbonyl (C=O) groups excluding carboxylic acids is 2. The number of nitrogens with one attached hydrogen (secondary N) is 2. The van der Waals surface area contributed by atoms with Crippen LogP contribution in [0.1, 0.15) is 50.4 Å². The van der Waals surface area contributed by atoms with E-state index in [0.29, 0.717) is 44.0 Å². The molecule has 3 aromatic rings. The Balaban J connectivity index is 1.51. The fraction of sp³-hybridized carbons (Fsp3) is 0.364. The number of fused-ring (bicyclic) bond motifs is 1. The molecule has 1 aliphatic rings. The number of benzene rings is 1. The molecule has 0 aliphatic carbocycles. The maximum Gasteiger partial charge on any atom is 0.274 e. The molecule has 0 bridgehead atoms. The van der Waals surface area contributed by atoms with Gasteiger partial charge in [-0.2, -0.15) is 10.2 Å². The average Bonchev–Trinajstić information content (AvgIpc) is 3.40. The van der Waals surface area contributed by atoms with Crippen LogP contribution in [0.3, 0.4) is 0 Å². The Morgan fingerprint density at radius 1 is 1.26 bits per heavy atom. The van der Waals surface area contributed by atoms with Crippen molar-refractivity contribution in [3.05, 3.63) is 64.2 Å². The quantitative estimate of drug-likeness (QED) is 0.633. The van der Waals surface area contributed by atoms with Gasteiger partial charge in [-0.15, -0.1) is 0 Å². The van der Waals surface area contributed by atoms with Gasteiger partial charge in [-0.05, 0) is 37.6 Å². The van der Waals surface area contributed by atoms with E-state index < -0.39 is 0 Å². The molecule has 2 amide bonds. The highest BCUT2D eigenvalue weighted by Crippen LogP contribution is 2.24. The molecule has 1 aromatic carbocycles. The number of ether oxygens (including phenoxy) is 1. The number of carbonyl (C=O) groups is 2. The van der Waals surface area contributed by atoms with Gasteiger partial charge in [-0.25, -0.2) is 0 Å². The van der Waals surface area contributed by atoms with E-state index in [1.54, 1.807) is 18.1 Å². The molecule has 0 unspecified atom stereocenters. The van der Waals surface area contributed by atoms with E-state index in [1.165, 1.54) is 0 Å². The van der Waals surface area contributed by atoms with Gasteiger partial charge in [0.15, 0.2) is 5.69 Å². The monoisotopic (exact) mass is 422 g/mol. The van der Waals surface area contributed by atoms with Crippen LogP contribution in [-0.4, -0.2) is 50.3 Å². The largest absolute Gasteiger partial charge is 0.497 e. The van der Waals surface area contributed by atoms with Gasteiger partial charge in [-0.1, -0.05) is 12.1 Å². The van der Waals surface area contributed by atoms with Crippen LogP contribution in [0.2, 0.25) is 0 Å². The molecule has 9 nitrogen and oxygen atoms in total. The van der Waals surface area contributed by atoms with Gasteiger partial charge in [0.1, 0.15) is 11.4 Å². The van der Waals surface area contributed by atoms with E-state index in [0.717, 1.165) is 28.3 Å². The predicted octanol–water partition coefficient (Wildman–Crippen LogP) is 2.07. The smallest absolute Gasteiger partial charge is 0.274 e. The molecular formula is C22H26N6O3. The van der Waals surface area contributed by atoms with Crippen molar-refractivity contribution in [1.82, 2.24) is 30.2 Å². The molecule has 0 saturated heterocycles. The third-order valence-electron chi connectivity index (χ3n) is 5.47. The second-order valence-electron chi connectivity index (χ2n) is 7.53. The number of H-pyrrole nitrogens is 1. The first-order valence-electron chi connectivity index (χ1n) is 10.3. The third kappa shape index (κ3) is 4.16. The number of amides is 2. The van der Waals surface area contributed by atoms with E-state index in [-0.39, 0.29) is 11.8 Å². The second kappa shape index (κ2) is 8.63. The molecule has 2 N–H and O–H groups in total. The van der Waals surface area contributed by atoms with Crippen LogP contribution in [0, 0.1) is 6.92 Å². The lowest BCUT2D eigenvalue weighted by molar-refractivity contribution is 0.0724. The van der Waals surface area contributed by atoms with E-state index in [1.807, 2.05) is 42.8 Å². The maximum absolute atomic E-state index is 13.0. The Morgan fingerprint density at radius 3 is 2.68 bits per heavy atom. The van der Waals surface area contributed by atoms with Crippen LogP contribution in [-0.2, 0) is 26.1 Å². The molecule has 31 heavy (non-hydrogen) atoms. The van der Waals surface area contributed by atoms with Crippen LogP contribution in [0.5, 0.6) is 5.75 Å². The minimum atomic E-state index is -0.246. The highest BCUT2D eigenvalue weighted by molar-refractivity contribution is 5.95. The first-order chi connectivity index (χ1) is 15.0. The summed E-state index contributed by atoms with van der Waals surface area (Å²) >= 11 is 0. The summed E-state index contributed by atoms with van der Waals surface area (Å²) in [7, 11) is 1.62. The number of aryl methyl sites for hydroxylation is 2. The minimum absolute atomic E-state index is 0.149. The SMILES string of the molecule is CCn1nc(C(=O)NCc2ccc(OC)cc2)c2c1CCN(C(=O)c1cc(C)[nH]n1)C2. The zero-order valence-corrected chi connectivity index (χ0v) is 17.9. The predicted molar refractivity (Wildman–Crippen MR) is 114 cm³/mol. The first kappa shape index (κ1) is 20.6. The van der Waals surface area contributed by atoms with Gasteiger partial charge in [-0.3, -0.25) is 19.4 Å². The standard InChI is InChI=1S/C22H26N6O3/c1-4-28-19-9-10-27(22(30)18-11-14(2)24-25-18)13-17(19)20(26-28)21(29)23-12-15-5-7-16(31-3)8-6-15/h5-8,11H,4,9-10,12-13H2,1-3H3,(H,23,29)(H,24,25). The number of hydrogen-bond acceptors (Lipinski definition) is 5. The van der Waals surface area contributed by atoms with Gasteiger partial charge >= 0.3 is 0 Å². The molecular weight excluding hydrogens is 396 g/mol. The Morgan fingerprint density at radius 2 is 2.03 bits per heavy atom. The number of aromatic amines is 1. The number of rotatable bonds is 6. The van der Waals surface area contributed by atoms with Crippen molar-refractivity contribution in [2.45, 2.75) is 39.9 Å². The topological polar surface area (TPSA) is 105 Å². The van der Waals surface area contributed by atoms with E-state index in [4.69, 9.17) is 4.74 Å². The van der Waals surface area contributed by atoms with Gasteiger partial charge in [0.05, 0.1) is 13.7 Å². The van der Waals surface area contributed by atoms with Crippen molar-refractivity contribution in [3.63, 3.8) is 0 Å². The van der Waals surface area contributed by atoms with Gasteiger partial charge in [0, 0.05) is 43.0 Å². The molecule has 0 saturated carbocycles. The maximum atomic E-state index is 13.0. The molecule has 4 rings (SSSR count). The zero-order valence-electron chi connectivity index (χ0n) is 17.9. The summed E-state index contributed by atoms with van der Waals surface area (Å²) < 4.78 is 7.02. The lowest BCUT2D eigenvalue weighted by Gasteiger charge is -2.27. The molecule has 9 heteroatoms. The zero-order chi connectivity index (χ0) is 22.0. The van der Waals surface area contributed by atoms with Gasteiger partial charge in [0.2, 0.25) is 0 Å². The molecule has 1 aliphatic heterocycles. The Labute approximate surface area is 180 Å². The third-order valence-corrected chi connectivity index (χ3v) is 5.47. The highest BCUT2D eigenvalue weighted by atomic mass is 16.5. The average molecular weight is 422 g/mol. The van der Waals surface area contributed by atoms with Crippen molar-refractivity contribution in [3.8, 4) is 5.75 Å². The van der Waals surface area contributed by atoms with Crippen molar-refractivity contribution < 1.29 is 14.3 Å². The van der Waals surface area contributed by atoms with Crippen molar-refractivity contribution in [2.75, 3.05) is 13.7 Å². The second-order valence-corrected chi connectivity index (χ2v) is 7.53. The van der Waals surface area contributed by atoms with Crippen molar-refractivity contribution in [1.29, 1.82) is 0 Å². The summed E-state index contributed by atoms with van der Waals surface area (Å²) in [4.78, 5) is 27.5. The number of nitrogens with zero attached hydrogens (tertiary/aromatic N) is 4. The summed E-state index contributed by atoms with van der Waals surface area (Å²) in [6.07, 6.45) is 0.650. The Bertz CT molecular complexity index is 1100. The van der Waals surface area contributed by atoms with Crippen LogP contribution < -0.4 is 10.1 Å². The number of aromatic nitrogens is 4. The highest BCUT2D eigenvalue weighted by Gasteiger charge is 2.30. The van der Waals surface area contributed by atoms with Gasteiger partial charge in [0.25, 0.3) is 11.8 Å². The lowest BCUT2D eigenvalue weighted by atomic mass is 10.0. The molecule has 0 radical (unpaired) electrons. The summed E-state index contributed by atoms with van der Waals surface area (Å²) in [6.45, 7) is 5.80. The van der Waals surface area contributed by atoms with E-state index in [9.17, 15) is 9.59 Å². The van der Waals surface area contributed by atoms with Crippen LogP contribution in [0.15, 0.2) is 30.3 Å². The summed E-state index contributed by atoms with van der Waals surface area (Å²) in [5.41, 5.74) is 4.37. The summed E-state index contributed by atoms with van der Waals surface area (Å²) in [6, 6.07) is 9.26. The molecule has 0 fully saturated rings. The Hall–Kier alpha value is -3.62. The van der Waals surface area contributed by atoms with Crippen molar-refractivity contribution >= 4 is 11.8 Å². The number of hydrogen-bond donors (Lipinski definition) is 2. The summed E-state index contributed by atoms with van der Waals surface area (Å²) in [5, 5.41) is 14.4. The molecule has 0 spiro atoms. The van der Waals surface area contributed by atoms with Crippen LogP contribution in [0.4, 0.5) is 0 Å².